The number of carbonyl (C=O) groups excluding carboxylic acids is 3. The van der Waals surface area contributed by atoms with Gasteiger partial charge in [0.2, 0.25) is 11.8 Å². The Morgan fingerprint density at radius 2 is 1.31 bits per heavy atom. The molecule has 0 aliphatic heterocycles. The largest absolute Gasteiger partial charge is 0.481 e. The maximum Gasteiger partial charge on any atom is 0.408 e. The summed E-state index contributed by atoms with van der Waals surface area (Å²) >= 11 is 0. The lowest BCUT2D eigenvalue weighted by Crippen LogP contribution is -2.55. The Hall–Kier alpha value is -5.39. The van der Waals surface area contributed by atoms with E-state index in [4.69, 9.17) is 14.6 Å². The lowest BCUT2D eigenvalue weighted by Gasteiger charge is -2.25. The van der Waals surface area contributed by atoms with Gasteiger partial charge in [0.1, 0.15) is 29.0 Å². The van der Waals surface area contributed by atoms with Crippen LogP contribution in [-0.4, -0.2) is 64.4 Å². The van der Waals surface area contributed by atoms with Crippen molar-refractivity contribution in [2.24, 2.45) is 0 Å². The highest BCUT2D eigenvalue weighted by molar-refractivity contribution is 5.93. The molecule has 5 N–H and O–H groups in total. The minimum absolute atomic E-state index is 0.100. The van der Waals surface area contributed by atoms with Crippen LogP contribution < -0.4 is 20.7 Å². The summed E-state index contributed by atoms with van der Waals surface area (Å²) in [7, 11) is 0. The number of amides is 3. The molecule has 12 nitrogen and oxygen atoms in total. The predicted octanol–water partition coefficient (Wildman–Crippen LogP) is 3.33. The van der Waals surface area contributed by atoms with Crippen molar-refractivity contribution in [3.8, 4) is 5.75 Å². The molecule has 3 amide bonds. The first-order chi connectivity index (χ1) is 21.3. The molecule has 238 valence electrons. The fraction of sp³-hybridized carbons (Fsp3) is 0.303. The van der Waals surface area contributed by atoms with E-state index in [0.717, 1.165) is 11.1 Å². The average molecular weight is 620 g/mol. The van der Waals surface area contributed by atoms with Crippen molar-refractivity contribution in [3.05, 3.63) is 101 Å². The normalized spacial score (nSPS) is 12.2. The van der Waals surface area contributed by atoms with Gasteiger partial charge in [0, 0.05) is 19.4 Å². The molecule has 2 unspecified atom stereocenters. The topological polar surface area (TPSA) is 180 Å². The van der Waals surface area contributed by atoms with Crippen LogP contribution in [-0.2, 0) is 38.5 Å². The van der Waals surface area contributed by atoms with Crippen molar-refractivity contribution in [3.63, 3.8) is 0 Å². The van der Waals surface area contributed by atoms with Crippen LogP contribution in [0.5, 0.6) is 5.75 Å². The van der Waals surface area contributed by atoms with Crippen molar-refractivity contribution in [1.82, 2.24) is 16.0 Å². The fourth-order valence-electron chi connectivity index (χ4n) is 4.27. The molecule has 12 heteroatoms. The third-order valence-electron chi connectivity index (χ3n) is 6.30. The summed E-state index contributed by atoms with van der Waals surface area (Å²) in [5.41, 5.74) is 0.798. The summed E-state index contributed by atoms with van der Waals surface area (Å²) in [4.78, 5) is 62.6. The van der Waals surface area contributed by atoms with Gasteiger partial charge in [-0.15, -0.1) is 0 Å². The molecular weight excluding hydrogens is 582 g/mol. The zero-order chi connectivity index (χ0) is 33.0. The van der Waals surface area contributed by atoms with E-state index in [1.54, 1.807) is 45.0 Å². The third-order valence-corrected chi connectivity index (χ3v) is 6.30. The Morgan fingerprint density at radius 3 is 1.89 bits per heavy atom. The number of hydrogen-bond acceptors (Lipinski definition) is 7. The first-order valence-electron chi connectivity index (χ1n) is 14.2. The van der Waals surface area contributed by atoms with E-state index in [2.05, 4.69) is 16.0 Å². The molecule has 0 saturated carbocycles. The highest BCUT2D eigenvalue weighted by Crippen LogP contribution is 2.22. The lowest BCUT2D eigenvalue weighted by molar-refractivity contribution is -0.139. The van der Waals surface area contributed by atoms with E-state index >= 15 is 0 Å². The van der Waals surface area contributed by atoms with Crippen LogP contribution >= 0.6 is 0 Å². The zero-order valence-corrected chi connectivity index (χ0v) is 25.2. The van der Waals surface area contributed by atoms with Gasteiger partial charge < -0.3 is 35.6 Å². The van der Waals surface area contributed by atoms with Crippen molar-refractivity contribution >= 4 is 29.8 Å². The van der Waals surface area contributed by atoms with Gasteiger partial charge in [-0.25, -0.2) is 14.4 Å². The summed E-state index contributed by atoms with van der Waals surface area (Å²) in [5.74, 6) is -4.02. The van der Waals surface area contributed by atoms with Crippen molar-refractivity contribution in [2.45, 2.75) is 57.8 Å². The number of rotatable bonds is 14. The summed E-state index contributed by atoms with van der Waals surface area (Å²) in [6.45, 7) is 4.49. The number of hydrogen-bond donors (Lipinski definition) is 5. The molecule has 2 atom stereocenters. The van der Waals surface area contributed by atoms with Gasteiger partial charge in [-0.3, -0.25) is 9.59 Å². The summed E-state index contributed by atoms with van der Waals surface area (Å²) < 4.78 is 10.5. The molecule has 0 bridgehead atoms. The molecule has 3 aromatic rings. The molecule has 0 aromatic heterocycles. The number of benzene rings is 3. The van der Waals surface area contributed by atoms with E-state index in [1.807, 2.05) is 36.4 Å². The highest BCUT2D eigenvalue weighted by atomic mass is 16.6. The fourth-order valence-corrected chi connectivity index (χ4v) is 4.27. The highest BCUT2D eigenvalue weighted by Gasteiger charge is 2.29. The summed E-state index contributed by atoms with van der Waals surface area (Å²) in [6.07, 6.45) is -0.842. The molecule has 0 spiro atoms. The Bertz CT molecular complexity index is 1490. The number of nitrogens with one attached hydrogen (secondary N) is 3. The minimum atomic E-state index is -1.36. The van der Waals surface area contributed by atoms with Gasteiger partial charge in [-0.05, 0) is 49.6 Å². The number of carbonyl (C=O) groups is 5. The first kappa shape index (κ1) is 34.1. The second-order valence-electron chi connectivity index (χ2n) is 11.2. The number of aliphatic carboxylic acids is 1. The van der Waals surface area contributed by atoms with Gasteiger partial charge >= 0.3 is 18.0 Å². The van der Waals surface area contributed by atoms with E-state index in [1.165, 1.54) is 18.2 Å². The van der Waals surface area contributed by atoms with Crippen molar-refractivity contribution < 1.29 is 43.7 Å². The van der Waals surface area contributed by atoms with Gasteiger partial charge in [0.25, 0.3) is 0 Å². The molecule has 45 heavy (non-hydrogen) atoms. The molecule has 0 saturated heterocycles. The van der Waals surface area contributed by atoms with Crippen LogP contribution in [0.3, 0.4) is 0 Å². The third kappa shape index (κ3) is 11.7. The van der Waals surface area contributed by atoms with Crippen molar-refractivity contribution in [1.29, 1.82) is 0 Å². The quantitative estimate of drug-likeness (QED) is 0.181. The smallest absolute Gasteiger partial charge is 0.408 e. The second kappa shape index (κ2) is 15.9. The number of alkyl carbamates (subject to hydrolysis) is 1. The molecule has 0 fully saturated rings. The van der Waals surface area contributed by atoms with Crippen LogP contribution in [0.15, 0.2) is 78.9 Å². The zero-order valence-electron chi connectivity index (χ0n) is 25.2. The summed E-state index contributed by atoms with van der Waals surface area (Å²) in [6, 6.07) is 19.8. The van der Waals surface area contributed by atoms with Gasteiger partial charge in [-0.1, -0.05) is 66.7 Å². The average Bonchev–Trinajstić information content (AvgIpc) is 2.98. The Balaban J connectivity index is 1.89. The molecular formula is C33H37N3O9. The standard InChI is InChI=1S/C33H37N3O9/c1-33(2,3)45-32(43)36-26(17-21-10-6-4-7-11-21)30(40)35-25(29(39)34-19-22-12-8-5-9-13-22)18-23-14-15-27(44-20-28(37)38)24(16-23)31(41)42/h4-16,25-26H,17-20H2,1-3H3,(H,34,39)(H,35,40)(H,36,43)(H,37,38)(H,41,42). The monoisotopic (exact) mass is 619 g/mol. The molecule has 3 rings (SSSR count). The van der Waals surface area contributed by atoms with Crippen LogP contribution in [0.2, 0.25) is 0 Å². The van der Waals surface area contributed by atoms with E-state index in [9.17, 15) is 29.1 Å². The van der Waals surface area contributed by atoms with Gasteiger partial charge in [0.15, 0.2) is 6.61 Å². The number of carboxylic acid groups (broad SMARTS) is 2. The number of aromatic carboxylic acids is 1. The maximum atomic E-state index is 13.7. The van der Waals surface area contributed by atoms with Crippen LogP contribution in [0.4, 0.5) is 4.79 Å². The molecule has 0 aliphatic carbocycles. The van der Waals surface area contributed by atoms with Crippen LogP contribution in [0.1, 0.15) is 47.8 Å². The van der Waals surface area contributed by atoms with Crippen LogP contribution in [0.25, 0.3) is 0 Å². The predicted molar refractivity (Wildman–Crippen MR) is 164 cm³/mol. The van der Waals surface area contributed by atoms with Crippen LogP contribution in [0, 0.1) is 0 Å². The molecule has 0 aliphatic rings. The molecule has 0 heterocycles. The van der Waals surface area contributed by atoms with E-state index < -0.39 is 54.1 Å². The Kier molecular flexibility index (Phi) is 12.0. The number of carboxylic acids is 2. The Labute approximate surface area is 260 Å². The lowest BCUT2D eigenvalue weighted by atomic mass is 10.0. The van der Waals surface area contributed by atoms with Gasteiger partial charge in [0.05, 0.1) is 0 Å². The number of ether oxygens (including phenoxy) is 2. The second-order valence-corrected chi connectivity index (χ2v) is 11.2. The van der Waals surface area contributed by atoms with Crippen molar-refractivity contribution in [2.75, 3.05) is 6.61 Å². The SMILES string of the molecule is CC(C)(C)OC(=O)NC(Cc1ccccc1)C(=O)NC(Cc1ccc(OCC(=O)O)c(C(=O)O)c1)C(=O)NCc1ccccc1. The first-order valence-corrected chi connectivity index (χ1v) is 14.2. The van der Waals surface area contributed by atoms with E-state index in [0.29, 0.717) is 5.56 Å². The Morgan fingerprint density at radius 1 is 0.733 bits per heavy atom. The minimum Gasteiger partial charge on any atom is -0.481 e. The molecule has 3 aromatic carbocycles. The molecule has 0 radical (unpaired) electrons. The maximum absolute atomic E-state index is 13.7. The summed E-state index contributed by atoms with van der Waals surface area (Å²) in [5, 5.41) is 26.7. The van der Waals surface area contributed by atoms with E-state index in [-0.39, 0.29) is 30.7 Å². The van der Waals surface area contributed by atoms with Gasteiger partial charge in [-0.2, -0.15) is 0 Å².